The van der Waals surface area contributed by atoms with Gasteiger partial charge in [-0.05, 0) is 36.2 Å². The summed E-state index contributed by atoms with van der Waals surface area (Å²) in [6, 6.07) is 9.94. The van der Waals surface area contributed by atoms with Gasteiger partial charge in [-0.2, -0.15) is 5.26 Å². The number of halogens is 2. The molecule has 0 radical (unpaired) electrons. The van der Waals surface area contributed by atoms with Crippen molar-refractivity contribution in [1.82, 2.24) is 0 Å². The number of hydrogen-bond acceptors (Lipinski definition) is 3. The molecule has 1 atom stereocenters. The zero-order valence-corrected chi connectivity index (χ0v) is 11.6. The Bertz CT molecular complexity index is 668. The fraction of sp³-hybridized carbons (Fsp3) is 0.143. The van der Waals surface area contributed by atoms with Crippen molar-refractivity contribution < 1.29 is 14.3 Å². The van der Waals surface area contributed by atoms with Crippen molar-refractivity contribution in [2.75, 3.05) is 0 Å². The quantitative estimate of drug-likeness (QED) is 0.921. The number of carboxylic acids is 1. The van der Waals surface area contributed by atoms with Gasteiger partial charge >= 0.3 is 5.97 Å². The molecule has 0 spiro atoms. The van der Waals surface area contributed by atoms with Gasteiger partial charge in [-0.15, -0.1) is 0 Å². The van der Waals surface area contributed by atoms with E-state index in [1.54, 1.807) is 18.2 Å². The molecule has 0 saturated carbocycles. The molecule has 1 aromatic heterocycles. The highest BCUT2D eigenvalue weighted by atomic mass is 35.5. The third kappa shape index (κ3) is 2.96. The van der Waals surface area contributed by atoms with E-state index < -0.39 is 11.9 Å². The summed E-state index contributed by atoms with van der Waals surface area (Å²) in [5, 5.41) is 19.0. The topological polar surface area (TPSA) is 74.2 Å². The molecule has 0 aliphatic heterocycles. The van der Waals surface area contributed by atoms with E-state index in [2.05, 4.69) is 6.07 Å². The molecule has 1 heterocycles. The molecule has 1 unspecified atom stereocenters. The lowest BCUT2D eigenvalue weighted by atomic mass is 9.98. The standard InChI is InChI=1S/C14H9Cl2NO3/c15-10-2-1-3-11(16)9(10)6-8(7-17)12-4-5-13(20-12)14(18)19/h1-5,8H,6H2,(H,18,19). The molecular formula is C14H9Cl2NO3. The monoisotopic (exact) mass is 309 g/mol. The predicted molar refractivity (Wildman–Crippen MR) is 74.2 cm³/mol. The molecule has 2 aromatic rings. The third-order valence-electron chi connectivity index (χ3n) is 2.81. The van der Waals surface area contributed by atoms with Crippen molar-refractivity contribution in [2.24, 2.45) is 0 Å². The summed E-state index contributed by atoms with van der Waals surface area (Å²) < 4.78 is 5.14. The first-order chi connectivity index (χ1) is 9.52. The Balaban J connectivity index is 2.29. The SMILES string of the molecule is N#CC(Cc1c(Cl)cccc1Cl)c1ccc(C(=O)O)o1. The number of hydrogen-bond donors (Lipinski definition) is 1. The summed E-state index contributed by atoms with van der Waals surface area (Å²) in [4.78, 5) is 10.8. The lowest BCUT2D eigenvalue weighted by Gasteiger charge is -2.09. The lowest BCUT2D eigenvalue weighted by molar-refractivity contribution is 0.0660. The highest BCUT2D eigenvalue weighted by molar-refractivity contribution is 6.36. The summed E-state index contributed by atoms with van der Waals surface area (Å²) in [7, 11) is 0. The van der Waals surface area contributed by atoms with Crippen LogP contribution in [0.1, 0.15) is 27.8 Å². The molecule has 2 rings (SSSR count). The third-order valence-corrected chi connectivity index (χ3v) is 3.52. The molecule has 0 aliphatic rings. The van der Waals surface area contributed by atoms with Crippen molar-refractivity contribution in [3.05, 3.63) is 57.5 Å². The molecule has 20 heavy (non-hydrogen) atoms. The molecule has 6 heteroatoms. The van der Waals surface area contributed by atoms with Crippen LogP contribution in [0, 0.1) is 11.3 Å². The Morgan fingerprint density at radius 1 is 1.30 bits per heavy atom. The van der Waals surface area contributed by atoms with Gasteiger partial charge in [0.25, 0.3) is 0 Å². The van der Waals surface area contributed by atoms with Gasteiger partial charge < -0.3 is 9.52 Å². The first-order valence-electron chi connectivity index (χ1n) is 5.68. The minimum Gasteiger partial charge on any atom is -0.475 e. The van der Waals surface area contributed by atoms with Crippen molar-refractivity contribution >= 4 is 29.2 Å². The Labute approximate surface area is 125 Å². The number of nitrogens with zero attached hydrogens (tertiary/aromatic N) is 1. The number of carboxylic acid groups (broad SMARTS) is 1. The minimum absolute atomic E-state index is 0.203. The number of furan rings is 1. The minimum atomic E-state index is -1.18. The molecule has 0 bridgehead atoms. The predicted octanol–water partition coefficient (Wildman–Crippen LogP) is 4.13. The highest BCUT2D eigenvalue weighted by Gasteiger charge is 2.20. The van der Waals surface area contributed by atoms with E-state index in [0.29, 0.717) is 15.6 Å². The Morgan fingerprint density at radius 2 is 1.95 bits per heavy atom. The van der Waals surface area contributed by atoms with Crippen molar-refractivity contribution in [3.63, 3.8) is 0 Å². The van der Waals surface area contributed by atoms with Crippen LogP contribution in [0.5, 0.6) is 0 Å². The molecule has 102 valence electrons. The van der Waals surface area contributed by atoms with Crippen LogP contribution in [0.15, 0.2) is 34.7 Å². The van der Waals surface area contributed by atoms with Crippen LogP contribution >= 0.6 is 23.2 Å². The van der Waals surface area contributed by atoms with E-state index in [9.17, 15) is 10.1 Å². The summed E-state index contributed by atoms with van der Waals surface area (Å²) in [6.07, 6.45) is 0.252. The Morgan fingerprint density at radius 3 is 2.45 bits per heavy atom. The van der Waals surface area contributed by atoms with Gasteiger partial charge in [0, 0.05) is 10.0 Å². The number of carbonyl (C=O) groups is 1. The Hall–Kier alpha value is -1.96. The molecule has 0 amide bonds. The van der Waals surface area contributed by atoms with Gasteiger partial charge in [-0.25, -0.2) is 4.79 Å². The molecule has 1 aromatic carbocycles. The summed E-state index contributed by atoms with van der Waals surface area (Å²) in [5.41, 5.74) is 0.635. The molecule has 4 nitrogen and oxygen atoms in total. The zero-order valence-electron chi connectivity index (χ0n) is 10.1. The summed E-state index contributed by atoms with van der Waals surface area (Å²) in [6.45, 7) is 0. The average Bonchev–Trinajstić information content (AvgIpc) is 2.88. The number of nitriles is 1. The van der Waals surface area contributed by atoms with E-state index in [4.69, 9.17) is 32.7 Å². The summed E-state index contributed by atoms with van der Waals surface area (Å²) >= 11 is 12.1. The maximum atomic E-state index is 10.8. The van der Waals surface area contributed by atoms with Crippen LogP contribution < -0.4 is 0 Å². The molecule has 0 fully saturated rings. The van der Waals surface area contributed by atoms with Crippen LogP contribution in [-0.4, -0.2) is 11.1 Å². The summed E-state index contributed by atoms with van der Waals surface area (Å²) in [5.74, 6) is -1.75. The van der Waals surface area contributed by atoms with Gasteiger partial charge in [0.05, 0.1) is 6.07 Å². The second-order valence-corrected chi connectivity index (χ2v) is 4.91. The molecule has 1 N–H and O–H groups in total. The molecule has 0 saturated heterocycles. The Kier molecular flexibility index (Phi) is 4.33. The van der Waals surface area contributed by atoms with Crippen LogP contribution in [0.4, 0.5) is 0 Å². The maximum Gasteiger partial charge on any atom is 0.371 e. The fourth-order valence-electron chi connectivity index (χ4n) is 1.80. The van der Waals surface area contributed by atoms with E-state index in [1.807, 2.05) is 0 Å². The average molecular weight is 310 g/mol. The van der Waals surface area contributed by atoms with Gasteiger partial charge in [0.15, 0.2) is 0 Å². The van der Waals surface area contributed by atoms with E-state index >= 15 is 0 Å². The zero-order chi connectivity index (χ0) is 14.7. The van der Waals surface area contributed by atoms with Gasteiger partial charge in [-0.1, -0.05) is 29.3 Å². The van der Waals surface area contributed by atoms with Gasteiger partial charge in [0.2, 0.25) is 5.76 Å². The van der Waals surface area contributed by atoms with Crippen molar-refractivity contribution in [2.45, 2.75) is 12.3 Å². The fourth-order valence-corrected chi connectivity index (χ4v) is 2.35. The first-order valence-corrected chi connectivity index (χ1v) is 6.44. The largest absolute Gasteiger partial charge is 0.475 e. The van der Waals surface area contributed by atoms with E-state index in [1.165, 1.54) is 12.1 Å². The van der Waals surface area contributed by atoms with Crippen LogP contribution in [-0.2, 0) is 6.42 Å². The van der Waals surface area contributed by atoms with Crippen LogP contribution in [0.25, 0.3) is 0 Å². The van der Waals surface area contributed by atoms with Crippen molar-refractivity contribution in [3.8, 4) is 6.07 Å². The second-order valence-electron chi connectivity index (χ2n) is 4.09. The van der Waals surface area contributed by atoms with Crippen LogP contribution in [0.2, 0.25) is 10.0 Å². The number of rotatable bonds is 4. The lowest BCUT2D eigenvalue weighted by Crippen LogP contribution is -2.01. The van der Waals surface area contributed by atoms with E-state index in [-0.39, 0.29) is 17.9 Å². The van der Waals surface area contributed by atoms with Crippen LogP contribution in [0.3, 0.4) is 0 Å². The van der Waals surface area contributed by atoms with Crippen molar-refractivity contribution in [1.29, 1.82) is 5.26 Å². The second kappa shape index (κ2) is 6.00. The molecular weight excluding hydrogens is 301 g/mol. The van der Waals surface area contributed by atoms with Gasteiger partial charge in [-0.3, -0.25) is 0 Å². The van der Waals surface area contributed by atoms with E-state index in [0.717, 1.165) is 0 Å². The maximum absolute atomic E-state index is 10.8. The smallest absolute Gasteiger partial charge is 0.371 e. The number of aromatic carboxylic acids is 1. The highest BCUT2D eigenvalue weighted by Crippen LogP contribution is 2.30. The normalized spacial score (nSPS) is 11.8. The van der Waals surface area contributed by atoms with Gasteiger partial charge in [0.1, 0.15) is 11.7 Å². The molecule has 0 aliphatic carbocycles. The number of benzene rings is 1. The first kappa shape index (κ1) is 14.4.